The van der Waals surface area contributed by atoms with Gasteiger partial charge in [-0.05, 0) is 25.1 Å². The normalized spacial score (nSPS) is 11.8. The first-order chi connectivity index (χ1) is 14.2. The van der Waals surface area contributed by atoms with Crippen LogP contribution in [0.2, 0.25) is 10.0 Å². The minimum atomic E-state index is -4.78. The molecular weight excluding hydrogens is 442 g/mol. The Morgan fingerprint density at radius 2 is 1.63 bits per heavy atom. The molecule has 0 aliphatic rings. The molecule has 0 aliphatic carbocycles. The van der Waals surface area contributed by atoms with E-state index in [1.165, 1.54) is 29.3 Å². The highest BCUT2D eigenvalue weighted by atomic mass is 35.5. The third-order valence-electron chi connectivity index (χ3n) is 4.36. The molecule has 3 heterocycles. The molecule has 3 aromatic heterocycles. The summed E-state index contributed by atoms with van der Waals surface area (Å²) in [7, 11) is 0. The summed E-state index contributed by atoms with van der Waals surface area (Å²) in [5.74, 6) is -0.368. The van der Waals surface area contributed by atoms with E-state index in [1.807, 2.05) is 0 Å². The Kier molecular flexibility index (Phi) is 4.91. The summed E-state index contributed by atoms with van der Waals surface area (Å²) >= 11 is 12.5. The van der Waals surface area contributed by atoms with Gasteiger partial charge in [-0.25, -0.2) is 14.6 Å². The molecule has 2 N–H and O–H groups in total. The van der Waals surface area contributed by atoms with E-state index in [0.717, 1.165) is 4.68 Å². The lowest BCUT2D eigenvalue weighted by molar-refractivity contribution is -0.140. The van der Waals surface area contributed by atoms with Crippen LogP contribution in [0.5, 0.6) is 0 Å². The van der Waals surface area contributed by atoms with Crippen molar-refractivity contribution >= 4 is 29.0 Å². The van der Waals surface area contributed by atoms with Gasteiger partial charge in [0.25, 0.3) is 5.95 Å². The van der Waals surface area contributed by atoms with Crippen LogP contribution < -0.4 is 5.73 Å². The van der Waals surface area contributed by atoms with E-state index in [1.54, 1.807) is 25.1 Å². The maximum atomic E-state index is 13.8. The number of anilines is 1. The lowest BCUT2D eigenvalue weighted by Crippen LogP contribution is -2.09. The molecule has 0 amide bonds. The Bertz CT molecular complexity index is 1210. The van der Waals surface area contributed by atoms with E-state index in [9.17, 15) is 13.2 Å². The number of hydrogen-bond donors (Lipinski definition) is 1. The zero-order valence-corrected chi connectivity index (χ0v) is 16.7. The largest absolute Gasteiger partial charge is 0.435 e. The molecular formula is C18H12Cl2F3N7. The number of hydrogen-bond acceptors (Lipinski definition) is 5. The third-order valence-corrected chi connectivity index (χ3v) is 4.97. The molecule has 0 unspecified atom stereocenters. The smallest absolute Gasteiger partial charge is 0.383 e. The molecule has 12 heteroatoms. The number of rotatable bonds is 3. The molecule has 4 aromatic rings. The molecule has 0 fully saturated rings. The summed E-state index contributed by atoms with van der Waals surface area (Å²) in [4.78, 5) is 7.85. The van der Waals surface area contributed by atoms with Crippen LogP contribution in [-0.4, -0.2) is 29.5 Å². The summed E-state index contributed by atoms with van der Waals surface area (Å²) in [5, 5.41) is 8.40. The third kappa shape index (κ3) is 3.27. The molecule has 0 spiro atoms. The van der Waals surface area contributed by atoms with Crippen LogP contribution in [0.25, 0.3) is 22.8 Å². The second-order valence-electron chi connectivity index (χ2n) is 6.19. The van der Waals surface area contributed by atoms with Crippen LogP contribution >= 0.6 is 23.2 Å². The van der Waals surface area contributed by atoms with Crippen LogP contribution in [0.3, 0.4) is 0 Å². The fourth-order valence-electron chi connectivity index (χ4n) is 3.02. The van der Waals surface area contributed by atoms with Crippen LogP contribution in [0, 0.1) is 6.92 Å². The minimum Gasteiger partial charge on any atom is -0.383 e. The van der Waals surface area contributed by atoms with Gasteiger partial charge in [0.15, 0.2) is 5.69 Å². The highest BCUT2D eigenvalue weighted by molar-refractivity contribution is 6.37. The highest BCUT2D eigenvalue weighted by Gasteiger charge is 2.40. The highest BCUT2D eigenvalue weighted by Crippen LogP contribution is 2.42. The summed E-state index contributed by atoms with van der Waals surface area (Å²) in [6.45, 7) is 1.58. The second-order valence-corrected chi connectivity index (χ2v) is 7.01. The Morgan fingerprint density at radius 1 is 1.00 bits per heavy atom. The van der Waals surface area contributed by atoms with Crippen LogP contribution in [-0.2, 0) is 6.18 Å². The van der Waals surface area contributed by atoms with Crippen LogP contribution in [0.1, 0.15) is 11.4 Å². The van der Waals surface area contributed by atoms with Crippen molar-refractivity contribution in [3.63, 3.8) is 0 Å². The SMILES string of the molecule is Cc1c(-c2c(C(F)(F)F)nn(-c3ncccn3)c2N)cnn1-c1c(Cl)cccc1Cl. The van der Waals surface area contributed by atoms with Gasteiger partial charge in [0.2, 0.25) is 0 Å². The zero-order valence-electron chi connectivity index (χ0n) is 15.2. The van der Waals surface area contributed by atoms with E-state index in [4.69, 9.17) is 28.9 Å². The summed E-state index contributed by atoms with van der Waals surface area (Å²) < 4.78 is 43.6. The first-order valence-corrected chi connectivity index (χ1v) is 9.18. The number of alkyl halides is 3. The second kappa shape index (κ2) is 7.29. The number of nitrogens with zero attached hydrogens (tertiary/aromatic N) is 6. The van der Waals surface area contributed by atoms with Crippen LogP contribution in [0.15, 0.2) is 42.9 Å². The molecule has 0 atom stereocenters. The Morgan fingerprint density at radius 3 is 2.23 bits per heavy atom. The van der Waals surface area contributed by atoms with Gasteiger partial charge in [0.05, 0.1) is 21.8 Å². The molecule has 0 saturated heterocycles. The van der Waals surface area contributed by atoms with Crippen molar-refractivity contribution in [3.05, 3.63) is 64.3 Å². The lowest BCUT2D eigenvalue weighted by atomic mass is 10.1. The van der Waals surface area contributed by atoms with Gasteiger partial charge in [0, 0.05) is 23.7 Å². The van der Waals surface area contributed by atoms with Gasteiger partial charge in [-0.2, -0.15) is 28.1 Å². The molecule has 0 radical (unpaired) electrons. The van der Waals surface area contributed by atoms with Crippen molar-refractivity contribution < 1.29 is 13.2 Å². The monoisotopic (exact) mass is 453 g/mol. The van der Waals surface area contributed by atoms with Crippen molar-refractivity contribution in [3.8, 4) is 22.8 Å². The molecule has 1 aromatic carbocycles. The van der Waals surface area contributed by atoms with Crippen LogP contribution in [0.4, 0.5) is 19.0 Å². The van der Waals surface area contributed by atoms with Crippen molar-refractivity contribution in [2.75, 3.05) is 5.73 Å². The molecule has 7 nitrogen and oxygen atoms in total. The first-order valence-electron chi connectivity index (χ1n) is 8.42. The van der Waals surface area contributed by atoms with E-state index in [-0.39, 0.29) is 32.9 Å². The minimum absolute atomic E-state index is 0.0917. The molecule has 30 heavy (non-hydrogen) atoms. The summed E-state index contributed by atoms with van der Waals surface area (Å²) in [6, 6.07) is 6.38. The molecule has 154 valence electrons. The van der Waals surface area contributed by atoms with Crippen molar-refractivity contribution in [2.45, 2.75) is 13.1 Å². The predicted molar refractivity (Wildman–Crippen MR) is 106 cm³/mol. The quantitative estimate of drug-likeness (QED) is 0.484. The standard InChI is InChI=1S/C18H12Cl2F3N7/c1-9-10(8-27-29(9)14-11(19)4-2-5-12(14)20)13-15(18(21,22)23)28-30(16(13)24)17-25-6-3-7-26-17/h2-8H,24H2,1H3. The van der Waals surface area contributed by atoms with Crippen molar-refractivity contribution in [2.24, 2.45) is 0 Å². The molecule has 0 aliphatic heterocycles. The van der Waals surface area contributed by atoms with Gasteiger partial charge in [-0.1, -0.05) is 29.3 Å². The number of nitrogens with two attached hydrogens (primary N) is 1. The van der Waals surface area contributed by atoms with Gasteiger partial charge in [-0.3, -0.25) is 0 Å². The Balaban J connectivity index is 1.96. The fraction of sp³-hybridized carbons (Fsp3) is 0.111. The maximum absolute atomic E-state index is 13.8. The van der Waals surface area contributed by atoms with E-state index < -0.39 is 11.9 Å². The number of nitrogen functional groups attached to an aromatic ring is 1. The van der Waals surface area contributed by atoms with Crippen molar-refractivity contribution in [1.82, 2.24) is 29.5 Å². The molecule has 0 saturated carbocycles. The summed E-state index contributed by atoms with van der Waals surface area (Å²) in [6.07, 6.45) is -0.772. The Labute approximate surface area is 177 Å². The first kappa shape index (κ1) is 20.2. The Hall–Kier alpha value is -3.11. The number of halogens is 5. The van der Waals surface area contributed by atoms with E-state index in [0.29, 0.717) is 11.4 Å². The topological polar surface area (TPSA) is 87.4 Å². The zero-order chi connectivity index (χ0) is 21.6. The van der Waals surface area contributed by atoms with Gasteiger partial charge < -0.3 is 5.73 Å². The number of benzene rings is 1. The number of para-hydroxylation sites is 1. The van der Waals surface area contributed by atoms with Crippen molar-refractivity contribution in [1.29, 1.82) is 0 Å². The van der Waals surface area contributed by atoms with Gasteiger partial charge in [-0.15, -0.1) is 0 Å². The summed E-state index contributed by atoms with van der Waals surface area (Å²) in [5.41, 5.74) is 5.37. The fourth-order valence-corrected chi connectivity index (χ4v) is 3.58. The van der Waals surface area contributed by atoms with E-state index >= 15 is 0 Å². The molecule has 4 rings (SSSR count). The average Bonchev–Trinajstić information content (AvgIpc) is 3.22. The van der Waals surface area contributed by atoms with Gasteiger partial charge in [0.1, 0.15) is 11.5 Å². The molecule has 0 bridgehead atoms. The van der Waals surface area contributed by atoms with E-state index in [2.05, 4.69) is 20.2 Å². The average molecular weight is 454 g/mol. The van der Waals surface area contributed by atoms with Gasteiger partial charge >= 0.3 is 6.18 Å². The maximum Gasteiger partial charge on any atom is 0.435 e. The predicted octanol–water partition coefficient (Wildman–Crippen LogP) is 4.73. The lowest BCUT2D eigenvalue weighted by Gasteiger charge is -2.10. The number of aromatic nitrogens is 6.